The quantitative estimate of drug-likeness (QED) is 0.408. The van der Waals surface area contributed by atoms with Crippen LogP contribution < -0.4 is 0 Å². The first-order valence-corrected chi connectivity index (χ1v) is 12.8. The summed E-state index contributed by atoms with van der Waals surface area (Å²) in [6.45, 7) is 1.73. The van der Waals surface area contributed by atoms with E-state index >= 15 is 0 Å². The highest BCUT2D eigenvalue weighted by Crippen LogP contribution is 2.46. The lowest BCUT2D eigenvalue weighted by Crippen LogP contribution is -2.42. The Morgan fingerprint density at radius 3 is 2.21 bits per heavy atom. The lowest BCUT2D eigenvalue weighted by atomic mass is 9.89. The molecule has 0 aliphatic carbocycles. The van der Waals surface area contributed by atoms with Crippen LogP contribution in [0.5, 0.6) is 0 Å². The standard InChI is InChI=1S/C25H21BrClNO4S/c1-16-4-2-3-5-23(16)33(31,32)28-22(17-8-12-20(27)13-9-17)15-14-21(25(29)30)24(28)18-6-10-19(26)11-7-18/h2-14,22,24H,15H2,1H3,(H,29,30)/t22-,24-/m0/s1. The van der Waals surface area contributed by atoms with Gasteiger partial charge in [-0.25, -0.2) is 13.2 Å². The van der Waals surface area contributed by atoms with Crippen molar-refractivity contribution in [3.8, 4) is 0 Å². The van der Waals surface area contributed by atoms with Crippen molar-refractivity contribution in [2.75, 3.05) is 0 Å². The Balaban J connectivity index is 1.98. The third kappa shape index (κ3) is 4.64. The van der Waals surface area contributed by atoms with Gasteiger partial charge in [-0.1, -0.05) is 76.1 Å². The fraction of sp³-hybridized carbons (Fsp3) is 0.160. The molecular weight excluding hydrogens is 526 g/mol. The highest BCUT2D eigenvalue weighted by Gasteiger charge is 2.44. The average molecular weight is 547 g/mol. The third-order valence-electron chi connectivity index (χ3n) is 5.75. The molecule has 0 unspecified atom stereocenters. The number of hydrogen-bond acceptors (Lipinski definition) is 3. The van der Waals surface area contributed by atoms with E-state index in [0.717, 1.165) is 10.0 Å². The maximum absolute atomic E-state index is 14.1. The zero-order chi connectivity index (χ0) is 23.8. The lowest BCUT2D eigenvalue weighted by molar-refractivity contribution is -0.133. The maximum atomic E-state index is 14.1. The van der Waals surface area contributed by atoms with Crippen LogP contribution in [0.1, 0.15) is 35.2 Å². The number of carboxylic acid groups (broad SMARTS) is 1. The minimum absolute atomic E-state index is 0.0275. The van der Waals surface area contributed by atoms with Crippen molar-refractivity contribution in [2.45, 2.75) is 30.3 Å². The van der Waals surface area contributed by atoms with Crippen LogP contribution >= 0.6 is 27.5 Å². The van der Waals surface area contributed by atoms with Gasteiger partial charge in [0.1, 0.15) is 0 Å². The summed E-state index contributed by atoms with van der Waals surface area (Å²) < 4.78 is 30.4. The zero-order valence-electron chi connectivity index (χ0n) is 17.7. The van der Waals surface area contributed by atoms with Gasteiger partial charge in [0, 0.05) is 9.50 Å². The van der Waals surface area contributed by atoms with Crippen molar-refractivity contribution >= 4 is 43.5 Å². The topological polar surface area (TPSA) is 74.7 Å². The number of carboxylic acids is 1. The monoisotopic (exact) mass is 545 g/mol. The van der Waals surface area contributed by atoms with E-state index in [0.29, 0.717) is 16.1 Å². The van der Waals surface area contributed by atoms with Gasteiger partial charge in [0.25, 0.3) is 0 Å². The summed E-state index contributed by atoms with van der Waals surface area (Å²) in [7, 11) is -4.09. The molecule has 3 aromatic rings. The highest BCUT2D eigenvalue weighted by molar-refractivity contribution is 9.10. The molecule has 0 saturated carbocycles. The van der Waals surface area contributed by atoms with E-state index < -0.39 is 28.1 Å². The molecule has 0 bridgehead atoms. The van der Waals surface area contributed by atoms with Crippen molar-refractivity contribution < 1.29 is 18.3 Å². The molecule has 0 fully saturated rings. The molecular formula is C25H21BrClNO4S. The first-order chi connectivity index (χ1) is 15.7. The van der Waals surface area contributed by atoms with Crippen LogP contribution in [0.25, 0.3) is 0 Å². The van der Waals surface area contributed by atoms with Gasteiger partial charge in [-0.15, -0.1) is 0 Å². The van der Waals surface area contributed by atoms with Crippen LogP contribution in [0.2, 0.25) is 5.02 Å². The van der Waals surface area contributed by atoms with Crippen LogP contribution in [0.4, 0.5) is 0 Å². The summed E-state index contributed by atoms with van der Waals surface area (Å²) >= 11 is 9.47. The molecule has 1 aliphatic heterocycles. The zero-order valence-corrected chi connectivity index (χ0v) is 20.8. The molecule has 0 spiro atoms. The van der Waals surface area contributed by atoms with Crippen molar-refractivity contribution in [3.63, 3.8) is 0 Å². The fourth-order valence-corrected chi connectivity index (χ4v) is 6.58. The van der Waals surface area contributed by atoms with Gasteiger partial charge in [-0.05, 0) is 60.4 Å². The summed E-state index contributed by atoms with van der Waals surface area (Å²) in [5, 5.41) is 10.5. The van der Waals surface area contributed by atoms with E-state index in [1.165, 1.54) is 4.31 Å². The predicted octanol–water partition coefficient (Wildman–Crippen LogP) is 6.30. The molecule has 3 aromatic carbocycles. The second-order valence-electron chi connectivity index (χ2n) is 7.82. The van der Waals surface area contributed by atoms with E-state index in [4.69, 9.17) is 11.6 Å². The maximum Gasteiger partial charge on any atom is 0.333 e. The molecule has 2 atom stereocenters. The van der Waals surface area contributed by atoms with Gasteiger partial charge >= 0.3 is 5.97 Å². The molecule has 0 saturated heterocycles. The summed E-state index contributed by atoms with van der Waals surface area (Å²) in [6, 6.07) is 19.2. The largest absolute Gasteiger partial charge is 0.478 e. The smallest absolute Gasteiger partial charge is 0.333 e. The molecule has 170 valence electrons. The second kappa shape index (κ2) is 9.43. The summed E-state index contributed by atoms with van der Waals surface area (Å²) in [6.07, 6.45) is 1.85. The lowest BCUT2D eigenvalue weighted by Gasteiger charge is -2.41. The van der Waals surface area contributed by atoms with Crippen LogP contribution in [0, 0.1) is 6.92 Å². The third-order valence-corrected chi connectivity index (χ3v) is 8.57. The Kier molecular flexibility index (Phi) is 6.77. The Labute approximate surface area is 206 Å². The molecule has 8 heteroatoms. The number of rotatable bonds is 5. The Morgan fingerprint density at radius 1 is 1.00 bits per heavy atom. The van der Waals surface area contributed by atoms with Gasteiger partial charge in [-0.2, -0.15) is 4.31 Å². The molecule has 0 amide bonds. The summed E-state index contributed by atoms with van der Waals surface area (Å²) in [5.41, 5.74) is 1.93. The number of hydrogen-bond donors (Lipinski definition) is 1. The van der Waals surface area contributed by atoms with Crippen molar-refractivity contribution in [3.05, 3.63) is 111 Å². The van der Waals surface area contributed by atoms with Gasteiger partial charge in [-0.3, -0.25) is 0 Å². The Morgan fingerprint density at radius 2 is 1.61 bits per heavy atom. The predicted molar refractivity (Wildman–Crippen MR) is 132 cm³/mol. The van der Waals surface area contributed by atoms with Crippen LogP contribution in [-0.4, -0.2) is 23.8 Å². The molecule has 1 heterocycles. The molecule has 1 aliphatic rings. The van der Waals surface area contributed by atoms with Crippen LogP contribution in [0.15, 0.2) is 93.8 Å². The molecule has 5 nitrogen and oxygen atoms in total. The molecule has 1 N–H and O–H groups in total. The van der Waals surface area contributed by atoms with E-state index in [1.54, 1.807) is 85.8 Å². The van der Waals surface area contributed by atoms with E-state index in [1.807, 2.05) is 0 Å². The minimum Gasteiger partial charge on any atom is -0.478 e. The Hall–Kier alpha value is -2.45. The molecule has 0 radical (unpaired) electrons. The number of benzene rings is 3. The fourth-order valence-electron chi connectivity index (χ4n) is 4.18. The van der Waals surface area contributed by atoms with E-state index in [9.17, 15) is 18.3 Å². The number of carbonyl (C=O) groups is 1. The number of aryl methyl sites for hydroxylation is 1. The van der Waals surface area contributed by atoms with Crippen LogP contribution in [0.3, 0.4) is 0 Å². The number of sulfonamides is 1. The van der Waals surface area contributed by atoms with Crippen molar-refractivity contribution in [1.29, 1.82) is 0 Å². The van der Waals surface area contributed by atoms with E-state index in [2.05, 4.69) is 15.9 Å². The van der Waals surface area contributed by atoms with Crippen LogP contribution in [-0.2, 0) is 14.8 Å². The highest BCUT2D eigenvalue weighted by atomic mass is 79.9. The van der Waals surface area contributed by atoms with Crippen molar-refractivity contribution in [2.24, 2.45) is 0 Å². The first-order valence-electron chi connectivity index (χ1n) is 10.2. The number of nitrogens with zero attached hydrogens (tertiary/aromatic N) is 1. The van der Waals surface area contributed by atoms with Gasteiger partial charge < -0.3 is 5.11 Å². The number of halogens is 2. The summed E-state index contributed by atoms with van der Waals surface area (Å²) in [4.78, 5) is 12.4. The molecule has 33 heavy (non-hydrogen) atoms. The van der Waals surface area contributed by atoms with Gasteiger partial charge in [0.05, 0.1) is 22.6 Å². The average Bonchev–Trinajstić information content (AvgIpc) is 2.79. The van der Waals surface area contributed by atoms with Gasteiger partial charge in [0.15, 0.2) is 0 Å². The Bertz CT molecular complexity index is 1320. The SMILES string of the molecule is Cc1ccccc1S(=O)(=O)N1[C@@H](c2ccc(Br)cc2)C(C(=O)O)=CC[C@H]1c1ccc(Cl)cc1. The second-order valence-corrected chi connectivity index (χ2v) is 11.0. The first kappa shape index (κ1) is 23.7. The van der Waals surface area contributed by atoms with Gasteiger partial charge in [0.2, 0.25) is 10.0 Å². The molecule has 0 aromatic heterocycles. The normalized spacial score (nSPS) is 19.2. The number of aliphatic carboxylic acids is 1. The van der Waals surface area contributed by atoms with Crippen molar-refractivity contribution in [1.82, 2.24) is 4.31 Å². The minimum atomic E-state index is -4.09. The molecule has 4 rings (SSSR count). The van der Waals surface area contributed by atoms with E-state index in [-0.39, 0.29) is 16.9 Å². The summed E-state index contributed by atoms with van der Waals surface area (Å²) in [5.74, 6) is -1.15.